The van der Waals surface area contributed by atoms with Gasteiger partial charge in [-0.3, -0.25) is 0 Å². The van der Waals surface area contributed by atoms with E-state index in [-0.39, 0.29) is 6.03 Å². The lowest BCUT2D eigenvalue weighted by Gasteiger charge is -2.33. The van der Waals surface area contributed by atoms with Crippen molar-refractivity contribution in [2.75, 3.05) is 19.7 Å². The first-order valence-corrected chi connectivity index (χ1v) is 9.16. The van der Waals surface area contributed by atoms with Gasteiger partial charge in [0.15, 0.2) is 0 Å². The summed E-state index contributed by atoms with van der Waals surface area (Å²) >= 11 is 3.30. The highest BCUT2D eigenvalue weighted by Crippen LogP contribution is 2.20. The third kappa shape index (κ3) is 4.80. The summed E-state index contributed by atoms with van der Waals surface area (Å²) in [6.07, 6.45) is 10.1. The fourth-order valence-electron chi connectivity index (χ4n) is 3.29. The molecule has 0 spiro atoms. The minimum absolute atomic E-state index is 0.0847. The molecule has 126 valence electrons. The third-order valence-electron chi connectivity index (χ3n) is 4.53. The Hall–Kier alpha value is -1.37. The second kappa shape index (κ2) is 7.95. The van der Waals surface area contributed by atoms with E-state index in [1.807, 2.05) is 4.90 Å². The molecule has 6 nitrogen and oxygen atoms in total. The fraction of sp³-hybridized carbons (Fsp3) is 0.688. The van der Waals surface area contributed by atoms with Crippen LogP contribution in [0.15, 0.2) is 16.9 Å². The number of likely N-dealkylation sites (tertiary alicyclic amines) is 1. The standard InChI is InChI=1S/C16H23BrN4O2/c17-13-8-18-15(19-9-13)23-11-12-4-3-7-21(10-12)16(22)20-14-5-1-2-6-14/h8-9,12,14H,1-7,10-11H2,(H,20,22). The van der Waals surface area contributed by atoms with E-state index in [0.717, 1.165) is 43.2 Å². The van der Waals surface area contributed by atoms with E-state index in [0.29, 0.717) is 24.6 Å². The van der Waals surface area contributed by atoms with E-state index < -0.39 is 0 Å². The second-order valence-corrected chi connectivity index (χ2v) is 7.30. The number of nitrogens with zero attached hydrogens (tertiary/aromatic N) is 3. The number of rotatable bonds is 4. The molecule has 1 saturated carbocycles. The number of carbonyl (C=O) groups excluding carboxylic acids is 1. The lowest BCUT2D eigenvalue weighted by Crippen LogP contribution is -2.48. The number of ether oxygens (including phenoxy) is 1. The van der Waals surface area contributed by atoms with Crippen molar-refractivity contribution in [2.45, 2.75) is 44.6 Å². The molecule has 1 aromatic rings. The van der Waals surface area contributed by atoms with Crippen molar-refractivity contribution in [3.05, 3.63) is 16.9 Å². The second-order valence-electron chi connectivity index (χ2n) is 6.38. The number of carbonyl (C=O) groups is 1. The molecule has 2 aliphatic rings. The molecule has 1 aliphatic heterocycles. The van der Waals surface area contributed by atoms with Crippen LogP contribution in [-0.2, 0) is 0 Å². The number of nitrogens with one attached hydrogen (secondary N) is 1. The van der Waals surface area contributed by atoms with Crippen LogP contribution >= 0.6 is 15.9 Å². The van der Waals surface area contributed by atoms with E-state index in [4.69, 9.17) is 4.74 Å². The van der Waals surface area contributed by atoms with Crippen molar-refractivity contribution in [1.29, 1.82) is 0 Å². The van der Waals surface area contributed by atoms with E-state index >= 15 is 0 Å². The van der Waals surface area contributed by atoms with Gasteiger partial charge < -0.3 is 15.0 Å². The molecule has 2 amide bonds. The highest BCUT2D eigenvalue weighted by molar-refractivity contribution is 9.10. The molecule has 2 fully saturated rings. The quantitative estimate of drug-likeness (QED) is 0.868. The van der Waals surface area contributed by atoms with Gasteiger partial charge in [-0.25, -0.2) is 14.8 Å². The summed E-state index contributed by atoms with van der Waals surface area (Å²) in [5, 5.41) is 3.17. The molecule has 7 heteroatoms. The molecular formula is C16H23BrN4O2. The van der Waals surface area contributed by atoms with Gasteiger partial charge >= 0.3 is 12.0 Å². The zero-order valence-electron chi connectivity index (χ0n) is 13.2. The van der Waals surface area contributed by atoms with Crippen molar-refractivity contribution in [2.24, 2.45) is 5.92 Å². The Bertz CT molecular complexity index is 519. The molecule has 0 bridgehead atoms. The first kappa shape index (κ1) is 16.5. The summed E-state index contributed by atoms with van der Waals surface area (Å²) in [4.78, 5) is 22.5. The molecule has 1 N–H and O–H groups in total. The minimum Gasteiger partial charge on any atom is -0.463 e. The minimum atomic E-state index is 0.0847. The van der Waals surface area contributed by atoms with Crippen molar-refractivity contribution in [3.8, 4) is 6.01 Å². The molecule has 1 saturated heterocycles. The van der Waals surface area contributed by atoms with Crippen LogP contribution in [0.1, 0.15) is 38.5 Å². The summed E-state index contributed by atoms with van der Waals surface area (Å²) in [7, 11) is 0. The first-order chi connectivity index (χ1) is 11.2. The lowest BCUT2D eigenvalue weighted by atomic mass is 9.99. The van der Waals surface area contributed by atoms with Gasteiger partial charge in [0.05, 0.1) is 11.1 Å². The van der Waals surface area contributed by atoms with E-state index in [9.17, 15) is 4.79 Å². The normalized spacial score (nSPS) is 22.1. The number of amides is 2. The molecule has 0 aromatic carbocycles. The van der Waals surface area contributed by atoms with Crippen molar-refractivity contribution < 1.29 is 9.53 Å². The van der Waals surface area contributed by atoms with Gasteiger partial charge in [-0.05, 0) is 41.6 Å². The number of hydrogen-bond acceptors (Lipinski definition) is 4. The molecule has 1 aliphatic carbocycles. The van der Waals surface area contributed by atoms with Crippen LogP contribution in [0, 0.1) is 5.92 Å². The fourth-order valence-corrected chi connectivity index (χ4v) is 3.49. The zero-order chi connectivity index (χ0) is 16.1. The van der Waals surface area contributed by atoms with Gasteiger partial charge in [0, 0.05) is 37.4 Å². The molecule has 1 atom stereocenters. The molecule has 0 radical (unpaired) electrons. The van der Waals surface area contributed by atoms with Gasteiger partial charge in [-0.2, -0.15) is 0 Å². The average molecular weight is 383 g/mol. The maximum atomic E-state index is 12.4. The molecule has 1 unspecified atom stereocenters. The Balaban J connectivity index is 1.45. The Labute approximate surface area is 145 Å². The van der Waals surface area contributed by atoms with Gasteiger partial charge in [0.2, 0.25) is 0 Å². The van der Waals surface area contributed by atoms with Crippen LogP contribution < -0.4 is 10.1 Å². The number of hydrogen-bond donors (Lipinski definition) is 1. The monoisotopic (exact) mass is 382 g/mol. The highest BCUT2D eigenvalue weighted by Gasteiger charge is 2.26. The predicted octanol–water partition coefficient (Wildman–Crippen LogP) is 2.98. The van der Waals surface area contributed by atoms with E-state index in [1.165, 1.54) is 12.8 Å². The Morgan fingerprint density at radius 2 is 2.00 bits per heavy atom. The van der Waals surface area contributed by atoms with Crippen LogP contribution in [0.5, 0.6) is 6.01 Å². The summed E-state index contributed by atoms with van der Waals surface area (Å²) in [5.41, 5.74) is 0. The molecule has 23 heavy (non-hydrogen) atoms. The van der Waals surface area contributed by atoms with Crippen LogP contribution in [-0.4, -0.2) is 46.6 Å². The predicted molar refractivity (Wildman–Crippen MR) is 90.3 cm³/mol. The summed E-state index contributed by atoms with van der Waals surface area (Å²) < 4.78 is 6.49. The maximum Gasteiger partial charge on any atom is 0.317 e. The topological polar surface area (TPSA) is 67.4 Å². The maximum absolute atomic E-state index is 12.4. The Morgan fingerprint density at radius 1 is 1.26 bits per heavy atom. The average Bonchev–Trinajstić information content (AvgIpc) is 3.07. The Kier molecular flexibility index (Phi) is 5.70. The van der Waals surface area contributed by atoms with E-state index in [1.54, 1.807) is 12.4 Å². The smallest absolute Gasteiger partial charge is 0.317 e. The van der Waals surface area contributed by atoms with Crippen LogP contribution in [0.3, 0.4) is 0 Å². The molecular weight excluding hydrogens is 360 g/mol. The summed E-state index contributed by atoms with van der Waals surface area (Å²) in [6.45, 7) is 2.13. The summed E-state index contributed by atoms with van der Waals surface area (Å²) in [6, 6.07) is 0.845. The SMILES string of the molecule is O=C(NC1CCCC1)N1CCCC(COc2ncc(Br)cn2)C1. The van der Waals surface area contributed by atoms with Gasteiger partial charge in [0.25, 0.3) is 0 Å². The van der Waals surface area contributed by atoms with E-state index in [2.05, 4.69) is 31.2 Å². The van der Waals surface area contributed by atoms with Crippen molar-refractivity contribution in [1.82, 2.24) is 20.2 Å². The highest BCUT2D eigenvalue weighted by atomic mass is 79.9. The van der Waals surface area contributed by atoms with Gasteiger partial charge in [-0.15, -0.1) is 0 Å². The number of piperidine rings is 1. The number of halogens is 1. The van der Waals surface area contributed by atoms with Crippen LogP contribution in [0.2, 0.25) is 0 Å². The third-order valence-corrected chi connectivity index (χ3v) is 4.94. The Morgan fingerprint density at radius 3 is 2.74 bits per heavy atom. The number of aromatic nitrogens is 2. The van der Waals surface area contributed by atoms with Crippen molar-refractivity contribution in [3.63, 3.8) is 0 Å². The lowest BCUT2D eigenvalue weighted by molar-refractivity contribution is 0.132. The van der Waals surface area contributed by atoms with Crippen LogP contribution in [0.25, 0.3) is 0 Å². The van der Waals surface area contributed by atoms with Gasteiger partial charge in [0.1, 0.15) is 0 Å². The van der Waals surface area contributed by atoms with Crippen molar-refractivity contribution >= 4 is 22.0 Å². The largest absolute Gasteiger partial charge is 0.463 e. The zero-order valence-corrected chi connectivity index (χ0v) is 14.8. The number of urea groups is 1. The van der Waals surface area contributed by atoms with Crippen LogP contribution in [0.4, 0.5) is 4.79 Å². The first-order valence-electron chi connectivity index (χ1n) is 8.36. The summed E-state index contributed by atoms with van der Waals surface area (Å²) in [5.74, 6) is 0.338. The molecule has 1 aromatic heterocycles. The molecule has 2 heterocycles. The van der Waals surface area contributed by atoms with Gasteiger partial charge in [-0.1, -0.05) is 12.8 Å². The molecule has 3 rings (SSSR count).